The third kappa shape index (κ3) is 4.34. The van der Waals surface area contributed by atoms with E-state index in [0.717, 1.165) is 21.9 Å². The van der Waals surface area contributed by atoms with Gasteiger partial charge in [0.1, 0.15) is 18.3 Å². The molecule has 158 valence electrons. The first-order chi connectivity index (χ1) is 15.0. The maximum Gasteiger partial charge on any atom is 0.404 e. The Balaban J connectivity index is 1.60. The Morgan fingerprint density at radius 2 is 2.19 bits per heavy atom. The van der Waals surface area contributed by atoms with Crippen LogP contribution in [0.2, 0.25) is 0 Å². The van der Waals surface area contributed by atoms with Crippen molar-refractivity contribution in [3.63, 3.8) is 0 Å². The van der Waals surface area contributed by atoms with Crippen molar-refractivity contribution >= 4 is 39.8 Å². The minimum atomic E-state index is -1.09. The molecule has 0 saturated carbocycles. The summed E-state index contributed by atoms with van der Waals surface area (Å²) in [5.41, 5.74) is 2.32. The molecule has 3 heterocycles. The number of rotatable bonds is 5. The van der Waals surface area contributed by atoms with Gasteiger partial charge in [0, 0.05) is 35.5 Å². The first-order valence-corrected chi connectivity index (χ1v) is 9.80. The van der Waals surface area contributed by atoms with Gasteiger partial charge < -0.3 is 19.7 Å². The van der Waals surface area contributed by atoms with Crippen LogP contribution in [0.5, 0.6) is 0 Å². The summed E-state index contributed by atoms with van der Waals surface area (Å²) in [6, 6.07) is 9.00. The van der Waals surface area contributed by atoms with Crippen molar-refractivity contribution in [2.75, 3.05) is 19.8 Å². The average Bonchev–Trinajstić information content (AvgIpc) is 3.07. The molecule has 9 heteroatoms. The van der Waals surface area contributed by atoms with Crippen LogP contribution in [0.25, 0.3) is 21.9 Å². The van der Waals surface area contributed by atoms with Gasteiger partial charge in [-0.05, 0) is 36.8 Å². The third-order valence-corrected chi connectivity index (χ3v) is 5.01. The lowest BCUT2D eigenvalue weighted by Gasteiger charge is -2.23. The van der Waals surface area contributed by atoms with Crippen LogP contribution < -0.4 is 10.6 Å². The SMILES string of the molecule is O=C(O)NCCOCC#Cc1ccc2c(c1)c1cccnc1n2C1CCC(=O)NC1=O. The van der Waals surface area contributed by atoms with E-state index in [9.17, 15) is 14.4 Å². The van der Waals surface area contributed by atoms with Crippen molar-refractivity contribution in [1.29, 1.82) is 0 Å². The van der Waals surface area contributed by atoms with Crippen LogP contribution in [0, 0.1) is 11.8 Å². The molecular formula is C22H20N4O5. The van der Waals surface area contributed by atoms with Gasteiger partial charge in [-0.15, -0.1) is 0 Å². The van der Waals surface area contributed by atoms with Crippen LogP contribution in [0.4, 0.5) is 4.79 Å². The Kier molecular flexibility index (Phi) is 5.82. The van der Waals surface area contributed by atoms with Crippen LogP contribution in [-0.4, -0.2) is 52.3 Å². The number of carbonyl (C=O) groups excluding carboxylic acids is 2. The summed E-state index contributed by atoms with van der Waals surface area (Å²) in [4.78, 5) is 38.9. The predicted molar refractivity (Wildman–Crippen MR) is 112 cm³/mol. The highest BCUT2D eigenvalue weighted by molar-refractivity contribution is 6.09. The van der Waals surface area contributed by atoms with Gasteiger partial charge in [0.05, 0.1) is 12.1 Å². The number of nitrogens with one attached hydrogen (secondary N) is 2. The van der Waals surface area contributed by atoms with Crippen molar-refractivity contribution < 1.29 is 24.2 Å². The number of amides is 3. The fraction of sp³-hybridized carbons (Fsp3) is 0.273. The fourth-order valence-corrected chi connectivity index (χ4v) is 3.69. The zero-order valence-corrected chi connectivity index (χ0v) is 16.6. The summed E-state index contributed by atoms with van der Waals surface area (Å²) in [5.74, 6) is 5.38. The molecule has 3 amide bonds. The maximum atomic E-state index is 12.5. The molecule has 0 bridgehead atoms. The number of nitrogens with zero attached hydrogens (tertiary/aromatic N) is 2. The van der Waals surface area contributed by atoms with Crippen LogP contribution in [0.15, 0.2) is 36.5 Å². The number of carbonyl (C=O) groups is 3. The quantitative estimate of drug-likeness (QED) is 0.329. The van der Waals surface area contributed by atoms with E-state index >= 15 is 0 Å². The summed E-state index contributed by atoms with van der Waals surface area (Å²) in [6.07, 6.45) is 1.31. The van der Waals surface area contributed by atoms with E-state index in [2.05, 4.69) is 27.5 Å². The highest BCUT2D eigenvalue weighted by Crippen LogP contribution is 2.33. The maximum absolute atomic E-state index is 12.5. The lowest BCUT2D eigenvalue weighted by Crippen LogP contribution is -2.41. The molecule has 31 heavy (non-hydrogen) atoms. The van der Waals surface area contributed by atoms with Crippen molar-refractivity contribution in [2.24, 2.45) is 0 Å². The molecule has 3 aromatic rings. The molecule has 1 atom stereocenters. The second kappa shape index (κ2) is 8.85. The van der Waals surface area contributed by atoms with Gasteiger partial charge in [0.25, 0.3) is 0 Å². The Morgan fingerprint density at radius 1 is 1.32 bits per heavy atom. The number of imide groups is 1. The number of fused-ring (bicyclic) bond motifs is 3. The second-order valence-corrected chi connectivity index (χ2v) is 7.03. The lowest BCUT2D eigenvalue weighted by molar-refractivity contribution is -0.135. The summed E-state index contributed by atoms with van der Waals surface area (Å²) in [6.45, 7) is 0.625. The van der Waals surface area contributed by atoms with Crippen LogP contribution in [0.3, 0.4) is 0 Å². The molecule has 1 aliphatic heterocycles. The summed E-state index contributed by atoms with van der Waals surface area (Å²) >= 11 is 0. The van der Waals surface area contributed by atoms with Gasteiger partial charge in [-0.2, -0.15) is 0 Å². The first kappa shape index (κ1) is 20.4. The minimum Gasteiger partial charge on any atom is -0.465 e. The van der Waals surface area contributed by atoms with E-state index in [-0.39, 0.29) is 38.0 Å². The smallest absolute Gasteiger partial charge is 0.404 e. The van der Waals surface area contributed by atoms with Gasteiger partial charge in [0.15, 0.2) is 0 Å². The Morgan fingerprint density at radius 3 is 3.00 bits per heavy atom. The Hall–Kier alpha value is -3.90. The number of benzene rings is 1. The standard InChI is InChI=1S/C22H20N4O5/c27-19-8-7-18(21(28)25-19)26-17-6-5-14(3-2-11-31-12-10-24-22(29)30)13-16(17)15-4-1-9-23-20(15)26/h1,4-6,9,13,18,24H,7-8,10-12H2,(H,29,30)(H,25,27,28). The topological polar surface area (TPSA) is 123 Å². The molecule has 0 aliphatic carbocycles. The number of ether oxygens (including phenoxy) is 1. The minimum absolute atomic E-state index is 0.179. The molecule has 1 aromatic carbocycles. The molecule has 2 aromatic heterocycles. The number of carboxylic acid groups (broad SMARTS) is 1. The Bertz CT molecular complexity index is 1240. The van der Waals surface area contributed by atoms with Crippen LogP contribution >= 0.6 is 0 Å². The van der Waals surface area contributed by atoms with Crippen molar-refractivity contribution in [3.05, 3.63) is 42.1 Å². The molecule has 1 aliphatic rings. The summed E-state index contributed by atoms with van der Waals surface area (Å²) < 4.78 is 7.17. The van der Waals surface area contributed by atoms with E-state index in [0.29, 0.717) is 12.1 Å². The molecule has 9 nitrogen and oxygen atoms in total. The van der Waals surface area contributed by atoms with Crippen LogP contribution in [-0.2, 0) is 14.3 Å². The van der Waals surface area contributed by atoms with E-state index in [1.807, 2.05) is 34.9 Å². The average molecular weight is 420 g/mol. The van der Waals surface area contributed by atoms with Gasteiger partial charge in [0.2, 0.25) is 11.8 Å². The number of hydrogen-bond acceptors (Lipinski definition) is 5. The monoisotopic (exact) mass is 420 g/mol. The van der Waals surface area contributed by atoms with Gasteiger partial charge in [-0.25, -0.2) is 9.78 Å². The second-order valence-electron chi connectivity index (χ2n) is 7.03. The molecule has 1 unspecified atom stereocenters. The molecule has 3 N–H and O–H groups in total. The van der Waals surface area contributed by atoms with E-state index < -0.39 is 12.1 Å². The van der Waals surface area contributed by atoms with Gasteiger partial charge >= 0.3 is 6.09 Å². The van der Waals surface area contributed by atoms with Crippen molar-refractivity contribution in [3.8, 4) is 11.8 Å². The molecule has 0 radical (unpaired) electrons. The van der Waals surface area contributed by atoms with E-state index in [1.165, 1.54) is 0 Å². The molecular weight excluding hydrogens is 400 g/mol. The highest BCUT2D eigenvalue weighted by atomic mass is 16.5. The van der Waals surface area contributed by atoms with E-state index in [1.54, 1.807) is 6.20 Å². The Labute approximate surface area is 177 Å². The van der Waals surface area contributed by atoms with Gasteiger partial charge in [-0.3, -0.25) is 14.9 Å². The number of hydrogen-bond donors (Lipinski definition) is 3. The summed E-state index contributed by atoms with van der Waals surface area (Å²) in [7, 11) is 0. The fourth-order valence-electron chi connectivity index (χ4n) is 3.69. The molecule has 1 saturated heterocycles. The molecule has 0 spiro atoms. The van der Waals surface area contributed by atoms with Crippen LogP contribution in [0.1, 0.15) is 24.4 Å². The van der Waals surface area contributed by atoms with Gasteiger partial charge in [-0.1, -0.05) is 11.8 Å². The highest BCUT2D eigenvalue weighted by Gasteiger charge is 2.30. The molecule has 4 rings (SSSR count). The normalized spacial score (nSPS) is 16.1. The summed E-state index contributed by atoms with van der Waals surface area (Å²) in [5, 5.41) is 15.0. The number of aromatic nitrogens is 2. The molecule has 1 fully saturated rings. The van der Waals surface area contributed by atoms with Crippen molar-refractivity contribution in [2.45, 2.75) is 18.9 Å². The van der Waals surface area contributed by atoms with Crippen molar-refractivity contribution in [1.82, 2.24) is 20.2 Å². The zero-order valence-electron chi connectivity index (χ0n) is 16.6. The zero-order chi connectivity index (χ0) is 21.8. The third-order valence-electron chi connectivity index (χ3n) is 5.01. The largest absolute Gasteiger partial charge is 0.465 e. The van der Waals surface area contributed by atoms with E-state index in [4.69, 9.17) is 9.84 Å². The predicted octanol–water partition coefficient (Wildman–Crippen LogP) is 1.80. The number of pyridine rings is 1. The number of piperidine rings is 1. The lowest BCUT2D eigenvalue weighted by atomic mass is 10.1. The first-order valence-electron chi connectivity index (χ1n) is 9.80.